The van der Waals surface area contributed by atoms with Crippen molar-refractivity contribution < 1.29 is 22.7 Å². The van der Waals surface area contributed by atoms with Crippen LogP contribution in [0.3, 0.4) is 0 Å². The monoisotopic (exact) mass is 564 g/mol. The molecule has 204 valence electrons. The fourth-order valence-electron chi connectivity index (χ4n) is 4.55. The molecule has 10 heteroatoms. The van der Waals surface area contributed by atoms with E-state index >= 15 is 0 Å². The number of aliphatic hydroxyl groups is 1. The van der Waals surface area contributed by atoms with Crippen LogP contribution in [0.15, 0.2) is 36.4 Å². The third kappa shape index (κ3) is 7.96. The number of hydrogen-bond acceptors (Lipinski definition) is 6. The van der Waals surface area contributed by atoms with E-state index in [2.05, 4.69) is 38.2 Å². The fourth-order valence-corrected chi connectivity index (χ4v) is 6.50. The summed E-state index contributed by atoms with van der Waals surface area (Å²) in [7, 11) is -3.40. The van der Waals surface area contributed by atoms with Crippen molar-refractivity contribution in [2.75, 3.05) is 23.8 Å². The lowest BCUT2D eigenvalue weighted by Crippen LogP contribution is -2.55. The number of benzene rings is 2. The molecule has 1 aliphatic rings. The molecule has 1 fully saturated rings. The molecule has 0 bridgehead atoms. The highest BCUT2D eigenvalue weighted by atomic mass is 35.5. The Morgan fingerprint density at radius 3 is 2.47 bits per heavy atom. The van der Waals surface area contributed by atoms with Crippen molar-refractivity contribution in [3.63, 3.8) is 0 Å². The molecule has 36 heavy (non-hydrogen) atoms. The molecule has 0 aliphatic carbocycles. The first-order valence-corrected chi connectivity index (χ1v) is 13.6. The van der Waals surface area contributed by atoms with Crippen LogP contribution in [0.5, 0.6) is 5.75 Å². The van der Waals surface area contributed by atoms with Crippen LogP contribution in [-0.4, -0.2) is 43.8 Å². The van der Waals surface area contributed by atoms with Crippen LogP contribution in [0.1, 0.15) is 57.4 Å². The van der Waals surface area contributed by atoms with E-state index in [9.17, 15) is 17.9 Å². The van der Waals surface area contributed by atoms with E-state index in [0.717, 1.165) is 5.56 Å². The van der Waals surface area contributed by atoms with Gasteiger partial charge >= 0.3 is 0 Å². The van der Waals surface area contributed by atoms with E-state index in [1.165, 1.54) is 11.6 Å². The zero-order chi connectivity index (χ0) is 25.3. The first kappa shape index (κ1) is 32.4. The SMILES string of the molecule is CCOc1cc(C[C@@H]2CS(=O)(=O)C[C@H](N[C@H](C)c3cccc(C(C)(C)C)c3)[C@H]2O)cc(F)c1N.Cl.Cl. The van der Waals surface area contributed by atoms with Crippen LogP contribution in [-0.2, 0) is 21.7 Å². The second-order valence-corrected chi connectivity index (χ2v) is 12.5. The van der Waals surface area contributed by atoms with E-state index in [1.807, 2.05) is 19.1 Å². The molecule has 6 nitrogen and oxygen atoms in total. The maximum Gasteiger partial charge on any atom is 0.152 e. The van der Waals surface area contributed by atoms with Crippen LogP contribution in [0, 0.1) is 11.7 Å². The topological polar surface area (TPSA) is 102 Å². The molecular weight excluding hydrogens is 526 g/mol. The summed E-state index contributed by atoms with van der Waals surface area (Å²) in [6.07, 6.45) is -0.711. The molecule has 0 saturated carbocycles. The minimum Gasteiger partial charge on any atom is -0.492 e. The number of sulfone groups is 1. The maximum absolute atomic E-state index is 14.3. The molecule has 2 aromatic rings. The van der Waals surface area contributed by atoms with Gasteiger partial charge < -0.3 is 20.9 Å². The Kier molecular flexibility index (Phi) is 11.5. The summed E-state index contributed by atoms with van der Waals surface area (Å²) in [6.45, 7) is 10.5. The third-order valence-corrected chi connectivity index (χ3v) is 8.27. The van der Waals surface area contributed by atoms with Crippen molar-refractivity contribution in [3.8, 4) is 5.75 Å². The summed E-state index contributed by atoms with van der Waals surface area (Å²) in [5, 5.41) is 14.5. The fraction of sp³-hybridized carbons (Fsp3) is 0.538. The Morgan fingerprint density at radius 1 is 1.19 bits per heavy atom. The third-order valence-electron chi connectivity index (χ3n) is 6.46. The van der Waals surface area contributed by atoms with E-state index < -0.39 is 33.7 Å². The molecule has 3 rings (SSSR count). The highest BCUT2D eigenvalue weighted by Gasteiger charge is 2.40. The van der Waals surface area contributed by atoms with Gasteiger partial charge in [0.2, 0.25) is 0 Å². The van der Waals surface area contributed by atoms with Crippen LogP contribution >= 0.6 is 24.8 Å². The number of nitrogen functional groups attached to an aromatic ring is 1. The van der Waals surface area contributed by atoms with Gasteiger partial charge in [-0.1, -0.05) is 45.0 Å². The Bertz CT molecular complexity index is 1130. The highest BCUT2D eigenvalue weighted by Crippen LogP contribution is 2.31. The minimum atomic E-state index is -3.40. The van der Waals surface area contributed by atoms with Gasteiger partial charge in [-0.2, -0.15) is 0 Å². The molecule has 4 atom stereocenters. The summed E-state index contributed by atoms with van der Waals surface area (Å²) < 4.78 is 45.2. The Hall–Kier alpha value is -1.58. The van der Waals surface area contributed by atoms with Gasteiger partial charge in [-0.3, -0.25) is 0 Å². The van der Waals surface area contributed by atoms with Crippen LogP contribution in [0.4, 0.5) is 10.1 Å². The number of aliphatic hydroxyl groups excluding tert-OH is 1. The molecule has 0 spiro atoms. The summed E-state index contributed by atoms with van der Waals surface area (Å²) in [6, 6.07) is 10.3. The number of hydrogen-bond donors (Lipinski definition) is 3. The van der Waals surface area contributed by atoms with Crippen molar-refractivity contribution >= 4 is 40.3 Å². The molecule has 0 unspecified atom stereocenters. The smallest absolute Gasteiger partial charge is 0.152 e. The number of halogens is 3. The zero-order valence-corrected chi connectivity index (χ0v) is 23.9. The molecule has 1 aliphatic heterocycles. The summed E-state index contributed by atoms with van der Waals surface area (Å²) >= 11 is 0. The van der Waals surface area contributed by atoms with Crippen LogP contribution in [0.2, 0.25) is 0 Å². The van der Waals surface area contributed by atoms with Gasteiger partial charge in [0.15, 0.2) is 9.84 Å². The van der Waals surface area contributed by atoms with Gasteiger partial charge in [0.25, 0.3) is 0 Å². The summed E-state index contributed by atoms with van der Waals surface area (Å²) in [4.78, 5) is 0. The van der Waals surface area contributed by atoms with Gasteiger partial charge in [0.1, 0.15) is 17.3 Å². The van der Waals surface area contributed by atoms with Crippen molar-refractivity contribution in [3.05, 3.63) is 58.9 Å². The first-order chi connectivity index (χ1) is 15.8. The lowest BCUT2D eigenvalue weighted by molar-refractivity contribution is 0.0747. The van der Waals surface area contributed by atoms with E-state index in [4.69, 9.17) is 10.5 Å². The predicted octanol–water partition coefficient (Wildman–Crippen LogP) is 4.62. The molecule has 1 heterocycles. The average Bonchev–Trinajstić information content (AvgIpc) is 2.74. The highest BCUT2D eigenvalue weighted by molar-refractivity contribution is 7.91. The van der Waals surface area contributed by atoms with E-state index in [-0.39, 0.29) is 65.6 Å². The van der Waals surface area contributed by atoms with E-state index in [0.29, 0.717) is 12.2 Å². The molecule has 0 aromatic heterocycles. The molecule has 0 amide bonds. The predicted molar refractivity (Wildman–Crippen MR) is 149 cm³/mol. The summed E-state index contributed by atoms with van der Waals surface area (Å²) in [5.74, 6) is -1.27. The molecule has 2 aromatic carbocycles. The van der Waals surface area contributed by atoms with Crippen molar-refractivity contribution in [2.24, 2.45) is 5.92 Å². The quantitative estimate of drug-likeness (QED) is 0.424. The second-order valence-electron chi connectivity index (χ2n) is 10.3. The van der Waals surface area contributed by atoms with Gasteiger partial charge in [0, 0.05) is 18.0 Å². The van der Waals surface area contributed by atoms with Crippen LogP contribution in [0.25, 0.3) is 0 Å². The first-order valence-electron chi connectivity index (χ1n) is 11.8. The Morgan fingerprint density at radius 2 is 1.86 bits per heavy atom. The van der Waals surface area contributed by atoms with Crippen molar-refractivity contribution in [2.45, 2.75) is 64.6 Å². The normalized spacial score (nSPS) is 22.1. The Labute approximate surface area is 226 Å². The van der Waals surface area contributed by atoms with Crippen molar-refractivity contribution in [1.82, 2.24) is 5.32 Å². The maximum atomic E-state index is 14.3. The number of ether oxygens (including phenoxy) is 1. The number of rotatable bonds is 7. The number of nitrogens with one attached hydrogen (secondary N) is 1. The van der Waals surface area contributed by atoms with Crippen LogP contribution < -0.4 is 15.8 Å². The van der Waals surface area contributed by atoms with Gasteiger partial charge in [-0.15, -0.1) is 24.8 Å². The van der Waals surface area contributed by atoms with Gasteiger partial charge in [-0.05, 0) is 54.5 Å². The molecule has 4 N–H and O–H groups in total. The molecule has 0 radical (unpaired) electrons. The number of anilines is 1. The number of nitrogens with two attached hydrogens (primary N) is 1. The lowest BCUT2D eigenvalue weighted by Gasteiger charge is -2.37. The van der Waals surface area contributed by atoms with Gasteiger partial charge in [-0.25, -0.2) is 12.8 Å². The molecule has 1 saturated heterocycles. The zero-order valence-electron chi connectivity index (χ0n) is 21.5. The largest absolute Gasteiger partial charge is 0.492 e. The molecular formula is C26H39Cl2FN2O4S. The average molecular weight is 566 g/mol. The second kappa shape index (κ2) is 12.8. The standard InChI is InChI=1S/C26H37FN2O4S.2ClH/c1-6-33-23-12-17(11-21(27)24(23)28)10-19-14-34(31,32)15-22(25(19)30)29-16(2)18-8-7-9-20(13-18)26(3,4)5;;/h7-9,11-13,16,19,22,25,29-30H,6,10,14-15,28H2,1-5H3;2*1H/t16-,19-,22+,25+;;/m1../s1. The lowest BCUT2D eigenvalue weighted by atomic mass is 9.85. The van der Waals surface area contributed by atoms with Gasteiger partial charge in [0.05, 0.1) is 24.2 Å². The Balaban J connectivity index is 0.00000324. The van der Waals surface area contributed by atoms with Crippen molar-refractivity contribution in [1.29, 1.82) is 0 Å². The summed E-state index contributed by atoms with van der Waals surface area (Å²) in [5.41, 5.74) is 8.42. The van der Waals surface area contributed by atoms with E-state index in [1.54, 1.807) is 13.0 Å². The minimum absolute atomic E-state index is 0.